The second-order valence-corrected chi connectivity index (χ2v) is 6.39. The summed E-state index contributed by atoms with van der Waals surface area (Å²) in [5, 5.41) is 4.64. The SMILES string of the molecule is CCCN(c1nc(C)c(CNC(C)C)s1)C(C)C. The van der Waals surface area contributed by atoms with Crippen LogP contribution < -0.4 is 10.2 Å². The van der Waals surface area contributed by atoms with Crippen LogP contribution in [0.4, 0.5) is 5.13 Å². The van der Waals surface area contributed by atoms with Gasteiger partial charge < -0.3 is 10.2 Å². The van der Waals surface area contributed by atoms with Crippen LogP contribution in [0.2, 0.25) is 0 Å². The number of aromatic nitrogens is 1. The summed E-state index contributed by atoms with van der Waals surface area (Å²) in [4.78, 5) is 8.49. The van der Waals surface area contributed by atoms with Crippen LogP contribution in [0.5, 0.6) is 0 Å². The number of aryl methyl sites for hydroxylation is 1. The molecule has 1 aromatic heterocycles. The molecule has 0 unspecified atom stereocenters. The summed E-state index contributed by atoms with van der Waals surface area (Å²) >= 11 is 1.83. The van der Waals surface area contributed by atoms with Crippen molar-refractivity contribution in [1.29, 1.82) is 0 Å². The summed E-state index contributed by atoms with van der Waals surface area (Å²) in [5.74, 6) is 0. The van der Waals surface area contributed by atoms with E-state index < -0.39 is 0 Å². The van der Waals surface area contributed by atoms with Crippen molar-refractivity contribution in [2.75, 3.05) is 11.4 Å². The van der Waals surface area contributed by atoms with Crippen LogP contribution in [0.3, 0.4) is 0 Å². The van der Waals surface area contributed by atoms with Crippen molar-refractivity contribution in [2.24, 2.45) is 0 Å². The Balaban J connectivity index is 2.80. The van der Waals surface area contributed by atoms with Gasteiger partial charge in [-0.05, 0) is 27.2 Å². The lowest BCUT2D eigenvalue weighted by molar-refractivity contribution is 0.591. The highest BCUT2D eigenvalue weighted by atomic mass is 32.1. The standard InChI is InChI=1S/C14H27N3S/c1-7-8-17(11(4)5)14-16-12(6)13(18-14)9-15-10(2)3/h10-11,15H,7-9H2,1-6H3. The minimum absolute atomic E-state index is 0.515. The summed E-state index contributed by atoms with van der Waals surface area (Å²) in [7, 11) is 0. The van der Waals surface area contributed by atoms with Gasteiger partial charge in [-0.3, -0.25) is 0 Å². The highest BCUT2D eigenvalue weighted by Gasteiger charge is 2.16. The van der Waals surface area contributed by atoms with E-state index in [1.807, 2.05) is 11.3 Å². The third kappa shape index (κ3) is 4.25. The monoisotopic (exact) mass is 269 g/mol. The number of nitrogens with one attached hydrogen (secondary N) is 1. The van der Waals surface area contributed by atoms with Crippen LogP contribution in [-0.2, 0) is 6.54 Å². The van der Waals surface area contributed by atoms with Crippen molar-refractivity contribution >= 4 is 16.5 Å². The van der Waals surface area contributed by atoms with Crippen LogP contribution in [0, 0.1) is 6.92 Å². The fraction of sp³-hybridized carbons (Fsp3) is 0.786. The van der Waals surface area contributed by atoms with Crippen LogP contribution in [-0.4, -0.2) is 23.6 Å². The molecule has 0 aliphatic carbocycles. The second-order valence-electron chi connectivity index (χ2n) is 5.33. The zero-order chi connectivity index (χ0) is 13.7. The minimum Gasteiger partial charge on any atom is -0.346 e. The van der Waals surface area contributed by atoms with Crippen LogP contribution in [0.15, 0.2) is 0 Å². The van der Waals surface area contributed by atoms with Gasteiger partial charge in [-0.2, -0.15) is 0 Å². The third-order valence-electron chi connectivity index (χ3n) is 2.89. The van der Waals surface area contributed by atoms with E-state index in [2.05, 4.69) is 51.8 Å². The van der Waals surface area contributed by atoms with E-state index in [-0.39, 0.29) is 0 Å². The largest absolute Gasteiger partial charge is 0.346 e. The van der Waals surface area contributed by atoms with Gasteiger partial charge in [-0.15, -0.1) is 11.3 Å². The molecule has 104 valence electrons. The molecule has 0 radical (unpaired) electrons. The van der Waals surface area contributed by atoms with Crippen molar-refractivity contribution in [3.8, 4) is 0 Å². The van der Waals surface area contributed by atoms with Gasteiger partial charge in [-0.1, -0.05) is 20.8 Å². The average molecular weight is 269 g/mol. The Hall–Kier alpha value is -0.610. The van der Waals surface area contributed by atoms with E-state index in [0.29, 0.717) is 12.1 Å². The van der Waals surface area contributed by atoms with Gasteiger partial charge in [0, 0.05) is 30.1 Å². The predicted molar refractivity (Wildman–Crippen MR) is 81.6 cm³/mol. The number of hydrogen-bond acceptors (Lipinski definition) is 4. The molecule has 18 heavy (non-hydrogen) atoms. The maximum Gasteiger partial charge on any atom is 0.186 e. The van der Waals surface area contributed by atoms with Gasteiger partial charge in [0.2, 0.25) is 0 Å². The molecular weight excluding hydrogens is 242 g/mol. The molecule has 1 rings (SSSR count). The highest BCUT2D eigenvalue weighted by molar-refractivity contribution is 7.15. The van der Waals surface area contributed by atoms with Crippen LogP contribution in [0.1, 0.15) is 51.6 Å². The van der Waals surface area contributed by atoms with Crippen LogP contribution in [0.25, 0.3) is 0 Å². The lowest BCUT2D eigenvalue weighted by atomic mass is 10.3. The number of hydrogen-bond donors (Lipinski definition) is 1. The van der Waals surface area contributed by atoms with Gasteiger partial charge in [-0.25, -0.2) is 4.98 Å². The topological polar surface area (TPSA) is 28.2 Å². The fourth-order valence-electron chi connectivity index (χ4n) is 1.81. The molecule has 0 aliphatic heterocycles. The Bertz CT molecular complexity index is 358. The average Bonchev–Trinajstić information content (AvgIpc) is 2.64. The molecular formula is C14H27N3S. The number of rotatable bonds is 7. The summed E-state index contributed by atoms with van der Waals surface area (Å²) in [6.45, 7) is 15.2. The van der Waals surface area contributed by atoms with Crippen molar-refractivity contribution in [3.05, 3.63) is 10.6 Å². The zero-order valence-corrected chi connectivity index (χ0v) is 13.4. The second kappa shape index (κ2) is 7.10. The van der Waals surface area contributed by atoms with Gasteiger partial charge in [0.05, 0.1) is 5.69 Å². The summed E-state index contributed by atoms with van der Waals surface area (Å²) in [6.07, 6.45) is 1.16. The Morgan fingerprint density at radius 1 is 1.28 bits per heavy atom. The molecule has 0 bridgehead atoms. The highest BCUT2D eigenvalue weighted by Crippen LogP contribution is 2.27. The Kier molecular flexibility index (Phi) is 6.09. The van der Waals surface area contributed by atoms with E-state index in [4.69, 9.17) is 4.98 Å². The lowest BCUT2D eigenvalue weighted by Gasteiger charge is -2.25. The van der Waals surface area contributed by atoms with Crippen molar-refractivity contribution in [2.45, 2.75) is 66.6 Å². The van der Waals surface area contributed by atoms with Gasteiger partial charge in [0.25, 0.3) is 0 Å². The van der Waals surface area contributed by atoms with Crippen molar-refractivity contribution in [3.63, 3.8) is 0 Å². The Morgan fingerprint density at radius 2 is 1.94 bits per heavy atom. The first-order valence-corrected chi connectivity index (χ1v) is 7.73. The number of thiazole rings is 1. The summed E-state index contributed by atoms with van der Waals surface area (Å²) in [6, 6.07) is 1.04. The normalized spacial score (nSPS) is 11.6. The minimum atomic E-state index is 0.515. The smallest absolute Gasteiger partial charge is 0.186 e. The molecule has 0 atom stereocenters. The first-order chi connectivity index (χ1) is 8.45. The Morgan fingerprint density at radius 3 is 2.44 bits per heavy atom. The van der Waals surface area contributed by atoms with E-state index in [1.165, 1.54) is 15.7 Å². The van der Waals surface area contributed by atoms with Crippen LogP contribution >= 0.6 is 11.3 Å². The lowest BCUT2D eigenvalue weighted by Crippen LogP contribution is -2.31. The van der Waals surface area contributed by atoms with Gasteiger partial charge in [0.1, 0.15) is 0 Å². The van der Waals surface area contributed by atoms with Gasteiger partial charge >= 0.3 is 0 Å². The molecule has 0 saturated heterocycles. The fourth-order valence-corrected chi connectivity index (χ4v) is 2.98. The molecule has 1 heterocycles. The third-order valence-corrected chi connectivity index (χ3v) is 4.08. The molecule has 1 aromatic rings. The van der Waals surface area contributed by atoms with Crippen molar-refractivity contribution in [1.82, 2.24) is 10.3 Å². The van der Waals surface area contributed by atoms with Crippen molar-refractivity contribution < 1.29 is 0 Å². The number of anilines is 1. The van der Waals surface area contributed by atoms with E-state index in [1.54, 1.807) is 0 Å². The molecule has 0 amide bonds. The first kappa shape index (κ1) is 15.4. The molecule has 0 spiro atoms. The summed E-state index contributed by atoms with van der Waals surface area (Å²) < 4.78 is 0. The maximum absolute atomic E-state index is 4.73. The Labute approximate surface area is 116 Å². The first-order valence-electron chi connectivity index (χ1n) is 6.92. The zero-order valence-electron chi connectivity index (χ0n) is 12.6. The van der Waals surface area contributed by atoms with E-state index in [0.717, 1.165) is 19.5 Å². The van der Waals surface area contributed by atoms with Gasteiger partial charge in [0.15, 0.2) is 5.13 Å². The molecule has 1 N–H and O–H groups in total. The molecule has 0 saturated carbocycles. The van der Waals surface area contributed by atoms with E-state index in [9.17, 15) is 0 Å². The molecule has 0 aromatic carbocycles. The quantitative estimate of drug-likeness (QED) is 0.820. The number of nitrogens with zero attached hydrogens (tertiary/aromatic N) is 2. The molecule has 3 nitrogen and oxygen atoms in total. The molecule has 0 aliphatic rings. The predicted octanol–water partition coefficient (Wildman–Crippen LogP) is 3.57. The maximum atomic E-state index is 4.73. The molecule has 0 fully saturated rings. The summed E-state index contributed by atoms with van der Waals surface area (Å²) in [5.41, 5.74) is 1.17. The molecule has 4 heteroatoms. The van der Waals surface area contributed by atoms with E-state index >= 15 is 0 Å².